The number of aromatic amines is 5. The third kappa shape index (κ3) is 17.9. The molecule has 0 aliphatic carbocycles. The van der Waals surface area contributed by atoms with E-state index >= 15 is 0 Å². The van der Waals surface area contributed by atoms with E-state index in [0.29, 0.717) is 71.0 Å². The van der Waals surface area contributed by atoms with Crippen LogP contribution in [-0.4, -0.2) is 152 Å². The first-order chi connectivity index (χ1) is 67.0. The Morgan fingerprint density at radius 2 is 0.681 bits per heavy atom. The van der Waals surface area contributed by atoms with Crippen molar-refractivity contribution in [3.05, 3.63) is 294 Å². The van der Waals surface area contributed by atoms with E-state index in [-0.39, 0.29) is 5.82 Å². The normalized spacial score (nSPS) is 14.5. The molecule has 15 aromatic heterocycles. The summed E-state index contributed by atoms with van der Waals surface area (Å²) in [5.41, 5.74) is 58.1. The number of likely N-dealkylation sites (tertiary alicyclic amines) is 5. The zero-order chi connectivity index (χ0) is 94.7. The molecule has 0 spiro atoms. The number of fused-ring (bicyclic) bond motifs is 15. The number of pyridine rings is 9. The van der Waals surface area contributed by atoms with Gasteiger partial charge < -0.3 is 78.1 Å². The number of rotatable bonds is 15. The minimum absolute atomic E-state index is 0.374. The molecular weight excluding hydrogens is 1800 g/mol. The highest BCUT2D eigenvalue weighted by molar-refractivity contribution is 7.08. The van der Waals surface area contributed by atoms with Crippen molar-refractivity contribution < 1.29 is 8.78 Å². The molecular formula is C104H95Cl2F2N29S. The van der Waals surface area contributed by atoms with Gasteiger partial charge in [0.05, 0.1) is 71.5 Å². The van der Waals surface area contributed by atoms with Gasteiger partial charge in [-0.2, -0.15) is 15.7 Å². The lowest BCUT2D eigenvalue weighted by Gasteiger charge is -2.16. The SMILES string of the molecule is C=C1CCCN1Cc1nc2c([nH]1)c(N)nc1cc(-c3ccc(F)nc3)ccc12.C=C1CCCN1Cc1nc2c([nH]1)c(N)nc1cc(-c3cccnc3Cl)ccc12.C=C1CCCN1Cc1nc2c([nH]1)c(N)nc1cc(-c3ccsc3)ccc12.C=C1CCCN1Cc1nc2c([nH]1)c(N)nc1cc(-c3cncc(F)c3)ccc12.C=C1CCCN1Cc1nc2c([nH]1)c(N)nc1cc(-c3cnccc3Cl)ccc12. The zero-order valence-corrected chi connectivity index (χ0v) is 77.6. The minimum atomic E-state index is -0.502. The summed E-state index contributed by atoms with van der Waals surface area (Å²) >= 11 is 14.3. The monoisotopic (exact) mass is 1890 g/mol. The maximum atomic E-state index is 13.5. The molecule has 20 aromatic rings. The van der Waals surface area contributed by atoms with Crippen molar-refractivity contribution >= 4 is 173 Å². The van der Waals surface area contributed by atoms with Crippen LogP contribution in [0.15, 0.2) is 243 Å². The maximum absolute atomic E-state index is 13.5. The van der Waals surface area contributed by atoms with Crippen LogP contribution in [0.1, 0.15) is 93.3 Å². The smallest absolute Gasteiger partial charge is 0.212 e. The fraction of sp³-hybridized carbons (Fsp3) is 0.192. The van der Waals surface area contributed by atoms with E-state index in [9.17, 15) is 8.78 Å². The van der Waals surface area contributed by atoms with E-state index in [0.717, 1.165) is 310 Å². The number of benzene rings is 5. The molecule has 0 atom stereocenters. The van der Waals surface area contributed by atoms with Gasteiger partial charge in [-0.25, -0.2) is 64.2 Å². The highest BCUT2D eigenvalue weighted by Gasteiger charge is 2.27. The van der Waals surface area contributed by atoms with Gasteiger partial charge in [0.2, 0.25) is 5.95 Å². The van der Waals surface area contributed by atoms with Crippen LogP contribution < -0.4 is 28.7 Å². The third-order valence-corrected chi connectivity index (χ3v) is 27.3. The molecule has 0 radical (unpaired) electrons. The number of aromatic nitrogens is 19. The van der Waals surface area contributed by atoms with E-state index in [1.807, 2.05) is 84.9 Å². The lowest BCUT2D eigenvalue weighted by atomic mass is 10.0. The number of nitrogens with one attached hydrogen (secondary N) is 5. The topological polar surface area (TPSA) is 406 Å². The summed E-state index contributed by atoms with van der Waals surface area (Å²) in [5, 5.41) is 10.1. The van der Waals surface area contributed by atoms with E-state index in [4.69, 9.17) is 76.8 Å². The number of hydrogen-bond donors (Lipinski definition) is 10. The highest BCUT2D eigenvalue weighted by Crippen LogP contribution is 2.41. The van der Waals surface area contributed by atoms with Gasteiger partial charge in [0.1, 0.15) is 124 Å². The summed E-state index contributed by atoms with van der Waals surface area (Å²) < 4.78 is 26.6. The Bertz CT molecular complexity index is 8050. The molecule has 0 unspecified atom stereocenters. The molecule has 138 heavy (non-hydrogen) atoms. The summed E-state index contributed by atoms with van der Waals surface area (Å²) in [7, 11) is 0. The Morgan fingerprint density at radius 3 is 1.01 bits per heavy atom. The van der Waals surface area contributed by atoms with Crippen molar-refractivity contribution in [1.82, 2.24) is 119 Å². The van der Waals surface area contributed by atoms with Crippen molar-refractivity contribution in [2.45, 2.75) is 96.9 Å². The molecule has 15 N–H and O–H groups in total. The molecule has 5 fully saturated rings. The van der Waals surface area contributed by atoms with Gasteiger partial charge in [-0.1, -0.05) is 86.4 Å². The van der Waals surface area contributed by atoms with Gasteiger partial charge in [-0.15, -0.1) is 0 Å². The fourth-order valence-electron chi connectivity index (χ4n) is 18.9. The first kappa shape index (κ1) is 88.5. The predicted molar refractivity (Wildman–Crippen MR) is 549 cm³/mol. The van der Waals surface area contributed by atoms with Gasteiger partial charge >= 0.3 is 0 Å². The molecule has 34 heteroatoms. The summed E-state index contributed by atoms with van der Waals surface area (Å²) in [4.78, 5) is 90.9. The lowest BCUT2D eigenvalue weighted by molar-refractivity contribution is 0.378. The number of imidazole rings is 5. The van der Waals surface area contributed by atoms with Crippen molar-refractivity contribution in [2.24, 2.45) is 0 Å². The van der Waals surface area contributed by atoms with E-state index in [1.165, 1.54) is 35.8 Å². The fourth-order valence-corrected chi connectivity index (χ4v) is 20.0. The van der Waals surface area contributed by atoms with Crippen molar-refractivity contribution in [2.75, 3.05) is 61.4 Å². The number of halogens is 4. The average Bonchev–Trinajstić information content (AvgIpc) is 1.60. The molecule has 0 bridgehead atoms. The van der Waals surface area contributed by atoms with Gasteiger partial charge in [0.25, 0.3) is 0 Å². The maximum Gasteiger partial charge on any atom is 0.212 e. The van der Waals surface area contributed by atoms with Crippen LogP contribution in [0.3, 0.4) is 0 Å². The summed E-state index contributed by atoms with van der Waals surface area (Å²) in [6.07, 6.45) is 20.4. The summed E-state index contributed by atoms with van der Waals surface area (Å²) in [6, 6.07) is 42.1. The number of nitrogens with zero attached hydrogens (tertiary/aromatic N) is 19. The molecule has 5 aliphatic rings. The Labute approximate surface area is 803 Å². The Kier molecular flexibility index (Phi) is 23.9. The van der Waals surface area contributed by atoms with Crippen molar-refractivity contribution in [3.8, 4) is 55.6 Å². The molecule has 0 amide bonds. The number of nitrogen functional groups attached to an aromatic ring is 5. The van der Waals surface area contributed by atoms with Gasteiger partial charge in [0, 0.05) is 141 Å². The number of allylic oxidation sites excluding steroid dienone is 5. The second kappa shape index (κ2) is 37.3. The van der Waals surface area contributed by atoms with E-state index in [1.54, 1.807) is 48.3 Å². The Morgan fingerprint density at radius 1 is 0.333 bits per heavy atom. The van der Waals surface area contributed by atoms with Gasteiger partial charge in [-0.05, 0) is 211 Å². The quantitative estimate of drug-likeness (QED) is 0.0426. The van der Waals surface area contributed by atoms with Gasteiger partial charge in [-0.3, -0.25) is 9.97 Å². The van der Waals surface area contributed by atoms with Crippen LogP contribution in [0.5, 0.6) is 0 Å². The van der Waals surface area contributed by atoms with E-state index < -0.39 is 5.95 Å². The number of anilines is 5. The minimum Gasteiger partial charge on any atom is -0.382 e. The van der Waals surface area contributed by atoms with Crippen molar-refractivity contribution in [1.29, 1.82) is 0 Å². The summed E-state index contributed by atoms with van der Waals surface area (Å²) in [6.45, 7) is 29.2. The number of H-pyrrole nitrogens is 5. The molecule has 5 aliphatic heterocycles. The standard InChI is InChI=1S/2C21H19ClN6.2C21H19FN6.C20H19N5S/c1-12-4-3-9-28(12)11-17-26-18-15-7-6-13(14-5-2-8-24-20(14)22)10-16(15)25-21(23)19(18)27-17;1-12-3-2-8-28(12)11-18-26-19-14-5-4-13(15-10-24-7-6-16(15)22)9-17(14)25-21(23)20(19)27-18;1-12-3-2-8-28(12)11-18-26-19-15-6-4-13(14-5-7-17(22)24-10-14)9-16(15)25-21(23)20(19)27-18;1-12-3-2-6-28(12)11-18-26-19-16-5-4-13(14-7-15(22)10-24-9-14)8-17(16)25-21(23)20(19)27-18;1-12-3-2-7-25(12)10-17-23-18-15-5-4-13(14-6-8-26-11-14)9-16(15)22-20(21)19(18)24-17/h2,5-8,10H,1,3-4,9,11H2,(H2,23,25)(H,26,27);2*4-7,9-10H,1-3,8,11H2,(H2,23,25)(H,26,27);4-5,7-10H,1-3,6,11H2,(H2,23,25)(H,26,27);4-6,8-9,11H,1-3,7,10H2,(H2,21,22)(H,23,24). The van der Waals surface area contributed by atoms with Crippen LogP contribution >= 0.6 is 34.5 Å². The van der Waals surface area contributed by atoms with Crippen LogP contribution in [-0.2, 0) is 32.7 Å². The molecule has 690 valence electrons. The van der Waals surface area contributed by atoms with Gasteiger partial charge in [0.15, 0.2) is 0 Å². The van der Waals surface area contributed by atoms with E-state index in [2.05, 4.69) is 162 Å². The Hall–Kier alpha value is -16.1. The average molecular weight is 1890 g/mol. The van der Waals surface area contributed by atoms with Crippen molar-refractivity contribution in [3.63, 3.8) is 0 Å². The highest BCUT2D eigenvalue weighted by atomic mass is 35.5. The third-order valence-electron chi connectivity index (χ3n) is 26.0. The molecule has 20 heterocycles. The second-order valence-corrected chi connectivity index (χ2v) is 36.7. The molecule has 5 aromatic carbocycles. The first-order valence-corrected chi connectivity index (χ1v) is 47.2. The number of hydrogen-bond acceptors (Lipinski definition) is 25. The predicted octanol–water partition coefficient (Wildman–Crippen LogP) is 21.6. The molecule has 25 rings (SSSR count). The largest absolute Gasteiger partial charge is 0.382 e. The second-order valence-electron chi connectivity index (χ2n) is 35.1. The Balaban J connectivity index is 0.000000103. The molecule has 0 saturated carbocycles. The van der Waals surface area contributed by atoms with Crippen LogP contribution in [0.4, 0.5) is 37.9 Å². The molecule has 5 saturated heterocycles. The molecule has 29 nitrogen and oxygen atoms in total. The number of nitrogens with two attached hydrogens (primary N) is 5. The lowest BCUT2D eigenvalue weighted by Crippen LogP contribution is -2.17. The zero-order valence-electron chi connectivity index (χ0n) is 75.3. The first-order valence-electron chi connectivity index (χ1n) is 45.5. The number of thiophene rings is 1. The van der Waals surface area contributed by atoms with Crippen LogP contribution in [0.25, 0.3) is 165 Å². The summed E-state index contributed by atoms with van der Waals surface area (Å²) in [5.74, 6) is 5.66. The van der Waals surface area contributed by atoms with Crippen LogP contribution in [0, 0.1) is 11.8 Å². The van der Waals surface area contributed by atoms with Crippen LogP contribution in [0.2, 0.25) is 10.2 Å².